The smallest absolute Gasteiger partial charge is 0.0775 e. The molecule has 0 saturated heterocycles. The van der Waals surface area contributed by atoms with E-state index in [2.05, 4.69) is 49.2 Å². The van der Waals surface area contributed by atoms with Crippen LogP contribution in [0.3, 0.4) is 0 Å². The van der Waals surface area contributed by atoms with Crippen LogP contribution in [0.1, 0.15) is 5.56 Å². The van der Waals surface area contributed by atoms with E-state index in [0.29, 0.717) is 10.0 Å². The number of anilines is 1. The molecule has 2 aromatic rings. The highest BCUT2D eigenvalue weighted by Crippen LogP contribution is 2.25. The molecule has 4 heteroatoms. The van der Waals surface area contributed by atoms with Crippen molar-refractivity contribution in [2.45, 2.75) is 26.2 Å². The summed E-state index contributed by atoms with van der Waals surface area (Å²) in [5, 5.41) is 6.12. The first-order valence-electron chi connectivity index (χ1n) is 6.64. The normalized spacial score (nSPS) is 11.4. The zero-order valence-electron chi connectivity index (χ0n) is 12.0. The monoisotopic (exact) mass is 323 g/mol. The summed E-state index contributed by atoms with van der Waals surface area (Å²) >= 11 is 12.0. The van der Waals surface area contributed by atoms with Gasteiger partial charge >= 0.3 is 0 Å². The van der Waals surface area contributed by atoms with Crippen molar-refractivity contribution in [3.05, 3.63) is 58.1 Å². The number of hydrogen-bond donors (Lipinski definition) is 1. The molecule has 0 aliphatic rings. The minimum atomic E-state index is -1.21. The third-order valence-corrected chi connectivity index (χ3v) is 5.85. The average molecular weight is 324 g/mol. The van der Waals surface area contributed by atoms with Crippen LogP contribution in [-0.4, -0.2) is 8.07 Å². The van der Waals surface area contributed by atoms with E-state index in [1.807, 2.05) is 12.1 Å². The van der Waals surface area contributed by atoms with Crippen LogP contribution in [0.5, 0.6) is 0 Å². The van der Waals surface area contributed by atoms with Gasteiger partial charge in [0.1, 0.15) is 0 Å². The van der Waals surface area contributed by atoms with Crippen LogP contribution in [-0.2, 0) is 6.54 Å². The van der Waals surface area contributed by atoms with E-state index in [0.717, 1.165) is 12.2 Å². The lowest BCUT2D eigenvalue weighted by molar-refractivity contribution is 1.15. The largest absolute Gasteiger partial charge is 0.380 e. The van der Waals surface area contributed by atoms with Crippen molar-refractivity contribution in [1.29, 1.82) is 0 Å². The van der Waals surface area contributed by atoms with Gasteiger partial charge in [-0.15, -0.1) is 0 Å². The second kappa shape index (κ2) is 6.21. The molecule has 0 unspecified atom stereocenters. The number of hydrogen-bond acceptors (Lipinski definition) is 1. The standard InChI is InChI=1S/C16H19Cl2NSi/c1-20(2,3)14-7-4-12(5-8-14)11-19-16-9-6-13(17)10-15(16)18/h4-10,19H,11H2,1-3H3. The predicted molar refractivity (Wildman–Crippen MR) is 93.2 cm³/mol. The van der Waals surface area contributed by atoms with E-state index in [1.54, 1.807) is 6.07 Å². The second-order valence-corrected chi connectivity index (χ2v) is 11.8. The Bertz CT molecular complexity index is 588. The molecule has 0 heterocycles. The van der Waals surface area contributed by atoms with Gasteiger partial charge in [-0.05, 0) is 23.8 Å². The Morgan fingerprint density at radius 3 is 2.15 bits per heavy atom. The summed E-state index contributed by atoms with van der Waals surface area (Å²) in [5.74, 6) is 0. The minimum Gasteiger partial charge on any atom is -0.380 e. The van der Waals surface area contributed by atoms with Gasteiger partial charge < -0.3 is 5.32 Å². The molecule has 0 fully saturated rings. The molecule has 1 nitrogen and oxygen atoms in total. The molecular weight excluding hydrogens is 305 g/mol. The molecule has 0 aromatic heterocycles. The molecule has 0 bridgehead atoms. The molecule has 20 heavy (non-hydrogen) atoms. The molecule has 0 amide bonds. The SMILES string of the molecule is C[Si](C)(C)c1ccc(CNc2ccc(Cl)cc2Cl)cc1. The van der Waals surface area contributed by atoms with E-state index >= 15 is 0 Å². The average Bonchev–Trinajstić information content (AvgIpc) is 2.37. The van der Waals surface area contributed by atoms with Crippen LogP contribution >= 0.6 is 23.2 Å². The highest BCUT2D eigenvalue weighted by atomic mass is 35.5. The van der Waals surface area contributed by atoms with Crippen molar-refractivity contribution in [1.82, 2.24) is 0 Å². The summed E-state index contributed by atoms with van der Waals surface area (Å²) in [5.41, 5.74) is 2.16. The maximum absolute atomic E-state index is 6.14. The van der Waals surface area contributed by atoms with Crippen LogP contribution in [0, 0.1) is 0 Å². The van der Waals surface area contributed by atoms with E-state index in [4.69, 9.17) is 23.2 Å². The van der Waals surface area contributed by atoms with E-state index < -0.39 is 8.07 Å². The molecule has 0 saturated carbocycles. The summed E-state index contributed by atoms with van der Waals surface area (Å²) in [6, 6.07) is 14.3. The molecule has 106 valence electrons. The van der Waals surface area contributed by atoms with Gasteiger partial charge in [-0.1, -0.05) is 72.3 Å². The Hall–Kier alpha value is -0.963. The Morgan fingerprint density at radius 2 is 1.60 bits per heavy atom. The zero-order valence-corrected chi connectivity index (χ0v) is 14.5. The quantitative estimate of drug-likeness (QED) is 0.767. The first kappa shape index (κ1) is 15.4. The lowest BCUT2D eigenvalue weighted by Crippen LogP contribution is -2.37. The molecule has 1 N–H and O–H groups in total. The molecule has 0 aliphatic carbocycles. The van der Waals surface area contributed by atoms with Gasteiger partial charge in [-0.25, -0.2) is 0 Å². The Morgan fingerprint density at radius 1 is 0.950 bits per heavy atom. The Labute approximate surface area is 131 Å². The van der Waals surface area contributed by atoms with Crippen molar-refractivity contribution in [2.24, 2.45) is 0 Å². The third-order valence-electron chi connectivity index (χ3n) is 3.23. The van der Waals surface area contributed by atoms with Crippen LogP contribution in [0.2, 0.25) is 29.7 Å². The molecule has 2 rings (SSSR count). The fourth-order valence-electron chi connectivity index (χ4n) is 1.95. The molecule has 2 aromatic carbocycles. The maximum atomic E-state index is 6.14. The maximum Gasteiger partial charge on any atom is 0.0775 e. The van der Waals surface area contributed by atoms with E-state index in [-0.39, 0.29) is 0 Å². The van der Waals surface area contributed by atoms with Gasteiger partial charge in [-0.3, -0.25) is 0 Å². The van der Waals surface area contributed by atoms with Gasteiger partial charge in [0.15, 0.2) is 0 Å². The number of benzene rings is 2. The highest BCUT2D eigenvalue weighted by molar-refractivity contribution is 6.88. The zero-order chi connectivity index (χ0) is 14.8. The summed E-state index contributed by atoms with van der Waals surface area (Å²) < 4.78 is 0. The van der Waals surface area contributed by atoms with Gasteiger partial charge in [0.25, 0.3) is 0 Å². The van der Waals surface area contributed by atoms with Crippen LogP contribution in [0.15, 0.2) is 42.5 Å². The molecular formula is C16H19Cl2NSi. The van der Waals surface area contributed by atoms with E-state index in [1.165, 1.54) is 10.8 Å². The number of rotatable bonds is 4. The molecule has 0 spiro atoms. The van der Waals surface area contributed by atoms with E-state index in [9.17, 15) is 0 Å². The fraction of sp³-hybridized carbons (Fsp3) is 0.250. The van der Waals surface area contributed by atoms with Crippen LogP contribution in [0.25, 0.3) is 0 Å². The predicted octanol–water partition coefficient (Wildman–Crippen LogP) is 5.15. The minimum absolute atomic E-state index is 0.649. The third kappa shape index (κ3) is 4.01. The molecule has 0 aliphatic heterocycles. The molecule has 0 atom stereocenters. The van der Waals surface area contributed by atoms with Crippen molar-refractivity contribution in [2.75, 3.05) is 5.32 Å². The van der Waals surface area contributed by atoms with Gasteiger partial charge in [0.2, 0.25) is 0 Å². The lowest BCUT2D eigenvalue weighted by Gasteiger charge is -2.17. The number of nitrogens with one attached hydrogen (secondary N) is 1. The highest BCUT2D eigenvalue weighted by Gasteiger charge is 2.15. The van der Waals surface area contributed by atoms with Crippen molar-refractivity contribution >= 4 is 42.1 Å². The van der Waals surface area contributed by atoms with Gasteiger partial charge in [0.05, 0.1) is 18.8 Å². The van der Waals surface area contributed by atoms with Crippen LogP contribution < -0.4 is 10.5 Å². The van der Waals surface area contributed by atoms with Crippen molar-refractivity contribution in [3.8, 4) is 0 Å². The summed E-state index contributed by atoms with van der Waals surface area (Å²) in [7, 11) is -1.21. The van der Waals surface area contributed by atoms with Crippen molar-refractivity contribution in [3.63, 3.8) is 0 Å². The fourth-order valence-corrected chi connectivity index (χ4v) is 3.59. The Kier molecular flexibility index (Phi) is 4.79. The lowest BCUT2D eigenvalue weighted by atomic mass is 10.2. The van der Waals surface area contributed by atoms with Gasteiger partial charge in [0, 0.05) is 11.6 Å². The Balaban J connectivity index is 2.04. The number of halogens is 2. The van der Waals surface area contributed by atoms with Crippen molar-refractivity contribution < 1.29 is 0 Å². The first-order chi connectivity index (χ1) is 9.36. The second-order valence-electron chi connectivity index (χ2n) is 5.92. The summed E-state index contributed by atoms with van der Waals surface area (Å²) in [6.45, 7) is 7.82. The summed E-state index contributed by atoms with van der Waals surface area (Å²) in [6.07, 6.45) is 0. The van der Waals surface area contributed by atoms with Crippen LogP contribution in [0.4, 0.5) is 5.69 Å². The first-order valence-corrected chi connectivity index (χ1v) is 10.9. The topological polar surface area (TPSA) is 12.0 Å². The van der Waals surface area contributed by atoms with Gasteiger partial charge in [-0.2, -0.15) is 0 Å². The molecule has 0 radical (unpaired) electrons. The summed E-state index contributed by atoms with van der Waals surface area (Å²) in [4.78, 5) is 0.